The molecule has 34 heavy (non-hydrogen) atoms. The molecule has 1 saturated carbocycles. The molecule has 3 heterocycles. The van der Waals surface area contributed by atoms with Crippen molar-refractivity contribution in [1.29, 1.82) is 0 Å². The molecule has 3 aromatic heterocycles. The van der Waals surface area contributed by atoms with Crippen LogP contribution in [0.1, 0.15) is 31.7 Å². The van der Waals surface area contributed by atoms with E-state index in [1.807, 2.05) is 67.1 Å². The molecule has 0 bridgehead atoms. The second kappa shape index (κ2) is 9.11. The van der Waals surface area contributed by atoms with Crippen LogP contribution in [0.3, 0.4) is 0 Å². The summed E-state index contributed by atoms with van der Waals surface area (Å²) in [4.78, 5) is 9.19. The topological polar surface area (TPSA) is 108 Å². The number of nitrogens with one attached hydrogen (secondary N) is 1. The van der Waals surface area contributed by atoms with Gasteiger partial charge in [-0.1, -0.05) is 18.2 Å². The van der Waals surface area contributed by atoms with Gasteiger partial charge in [-0.2, -0.15) is 10.2 Å². The van der Waals surface area contributed by atoms with Gasteiger partial charge in [-0.05, 0) is 37.3 Å². The standard InChI is InChI=1S/C24H27N7O2S/c1-30-15-20(13-27-30)17-5-3-6-18(9-17)24-25-11-19(12-26-24)21-14-28-31(16-21)23-8-4-7-22(10-23)29-34(2,32)33/h3,5-6,9,11-16,22-23,29H,4,7-8,10H2,1-2H3. The van der Waals surface area contributed by atoms with E-state index in [1.54, 1.807) is 4.68 Å². The van der Waals surface area contributed by atoms with Gasteiger partial charge in [0.15, 0.2) is 5.82 Å². The highest BCUT2D eigenvalue weighted by Gasteiger charge is 2.26. The molecule has 1 N–H and O–H groups in total. The third kappa shape index (κ3) is 5.07. The largest absolute Gasteiger partial charge is 0.275 e. The Morgan fingerprint density at radius 2 is 1.65 bits per heavy atom. The fourth-order valence-electron chi connectivity index (χ4n) is 4.54. The molecule has 1 aliphatic rings. The van der Waals surface area contributed by atoms with Crippen LogP contribution in [0.5, 0.6) is 0 Å². The van der Waals surface area contributed by atoms with Crippen molar-refractivity contribution in [2.24, 2.45) is 7.05 Å². The van der Waals surface area contributed by atoms with Crippen LogP contribution in [0.2, 0.25) is 0 Å². The first-order valence-electron chi connectivity index (χ1n) is 11.3. The van der Waals surface area contributed by atoms with Crippen molar-refractivity contribution in [2.75, 3.05) is 6.26 Å². The predicted molar refractivity (Wildman–Crippen MR) is 130 cm³/mol. The van der Waals surface area contributed by atoms with Crippen molar-refractivity contribution in [2.45, 2.75) is 37.8 Å². The predicted octanol–water partition coefficient (Wildman–Crippen LogP) is 3.44. The van der Waals surface area contributed by atoms with Gasteiger partial charge in [0.1, 0.15) is 0 Å². The van der Waals surface area contributed by atoms with Crippen molar-refractivity contribution in [3.05, 3.63) is 61.4 Å². The van der Waals surface area contributed by atoms with Gasteiger partial charge < -0.3 is 0 Å². The van der Waals surface area contributed by atoms with Crippen molar-refractivity contribution in [3.63, 3.8) is 0 Å². The normalized spacial score (nSPS) is 18.8. The molecule has 0 amide bonds. The number of benzene rings is 1. The minimum absolute atomic E-state index is 0.0496. The number of aryl methyl sites for hydroxylation is 1. The van der Waals surface area contributed by atoms with Crippen LogP contribution >= 0.6 is 0 Å². The number of nitrogens with zero attached hydrogens (tertiary/aromatic N) is 6. The third-order valence-electron chi connectivity index (χ3n) is 6.15. The number of aromatic nitrogens is 6. The summed E-state index contributed by atoms with van der Waals surface area (Å²) in [7, 11) is -1.31. The minimum Gasteiger partial charge on any atom is -0.275 e. The Hall–Kier alpha value is -3.37. The fraction of sp³-hybridized carbons (Fsp3) is 0.333. The van der Waals surface area contributed by atoms with Gasteiger partial charge in [-0.15, -0.1) is 0 Å². The lowest BCUT2D eigenvalue weighted by Gasteiger charge is -2.29. The molecule has 1 fully saturated rings. The zero-order valence-electron chi connectivity index (χ0n) is 19.2. The summed E-state index contributed by atoms with van der Waals surface area (Å²) in [5.74, 6) is 0.656. The number of sulfonamides is 1. The van der Waals surface area contributed by atoms with E-state index in [0.717, 1.165) is 53.5 Å². The maximum atomic E-state index is 11.6. The fourth-order valence-corrected chi connectivity index (χ4v) is 5.35. The monoisotopic (exact) mass is 477 g/mol. The first-order valence-corrected chi connectivity index (χ1v) is 13.2. The summed E-state index contributed by atoms with van der Waals surface area (Å²) >= 11 is 0. The van der Waals surface area contributed by atoms with Crippen LogP contribution in [0.4, 0.5) is 0 Å². The summed E-state index contributed by atoms with van der Waals surface area (Å²) in [6.07, 6.45) is 16.0. The second-order valence-corrected chi connectivity index (χ2v) is 10.7. The van der Waals surface area contributed by atoms with Gasteiger partial charge in [0, 0.05) is 60.1 Å². The maximum Gasteiger partial charge on any atom is 0.208 e. The summed E-state index contributed by atoms with van der Waals surface area (Å²) in [6, 6.07) is 8.22. The lowest BCUT2D eigenvalue weighted by molar-refractivity contribution is 0.289. The van der Waals surface area contributed by atoms with Gasteiger partial charge in [0.05, 0.1) is 24.7 Å². The van der Waals surface area contributed by atoms with Crippen LogP contribution < -0.4 is 4.72 Å². The minimum atomic E-state index is -3.21. The van der Waals surface area contributed by atoms with E-state index in [4.69, 9.17) is 0 Å². The van der Waals surface area contributed by atoms with E-state index in [1.165, 1.54) is 6.26 Å². The molecule has 176 valence electrons. The summed E-state index contributed by atoms with van der Waals surface area (Å²) in [5.41, 5.74) is 4.88. The molecule has 1 aromatic carbocycles. The van der Waals surface area contributed by atoms with E-state index in [9.17, 15) is 8.42 Å². The van der Waals surface area contributed by atoms with Gasteiger partial charge in [0.25, 0.3) is 0 Å². The maximum absolute atomic E-state index is 11.6. The molecule has 0 radical (unpaired) electrons. The Bertz CT molecular complexity index is 1390. The first-order chi connectivity index (χ1) is 16.3. The van der Waals surface area contributed by atoms with Crippen molar-refractivity contribution in [3.8, 4) is 33.6 Å². The van der Waals surface area contributed by atoms with Crippen LogP contribution in [0.15, 0.2) is 61.4 Å². The zero-order valence-corrected chi connectivity index (χ0v) is 20.0. The Labute approximate surface area is 198 Å². The highest BCUT2D eigenvalue weighted by Crippen LogP contribution is 2.30. The highest BCUT2D eigenvalue weighted by molar-refractivity contribution is 7.88. The smallest absolute Gasteiger partial charge is 0.208 e. The molecule has 1 aliphatic carbocycles. The molecular weight excluding hydrogens is 450 g/mol. The van der Waals surface area contributed by atoms with Gasteiger partial charge in [-0.3, -0.25) is 9.36 Å². The molecule has 0 aliphatic heterocycles. The van der Waals surface area contributed by atoms with Crippen LogP contribution in [-0.2, 0) is 17.1 Å². The average molecular weight is 478 g/mol. The van der Waals surface area contributed by atoms with Gasteiger partial charge in [0.2, 0.25) is 10.0 Å². The van der Waals surface area contributed by atoms with Crippen molar-refractivity contribution < 1.29 is 8.42 Å². The molecule has 0 spiro atoms. The molecule has 2 unspecified atom stereocenters. The molecule has 2 atom stereocenters. The Balaban J connectivity index is 1.31. The molecule has 9 nitrogen and oxygen atoms in total. The summed E-state index contributed by atoms with van der Waals surface area (Å²) < 4.78 is 29.7. The van der Waals surface area contributed by atoms with E-state index in [2.05, 4.69) is 31.0 Å². The molecule has 4 aromatic rings. The van der Waals surface area contributed by atoms with E-state index in [-0.39, 0.29) is 12.1 Å². The third-order valence-corrected chi connectivity index (χ3v) is 6.91. The molecule has 0 saturated heterocycles. The second-order valence-electron chi connectivity index (χ2n) is 8.90. The lowest BCUT2D eigenvalue weighted by Crippen LogP contribution is -2.38. The Kier molecular flexibility index (Phi) is 6.01. The SMILES string of the molecule is Cn1cc(-c2cccc(-c3ncc(-c4cnn(C5CCCC(NS(C)(=O)=O)C5)c4)cn3)c2)cn1. The van der Waals surface area contributed by atoms with E-state index < -0.39 is 10.0 Å². The van der Waals surface area contributed by atoms with Crippen molar-refractivity contribution >= 4 is 10.0 Å². The lowest BCUT2D eigenvalue weighted by atomic mass is 9.92. The van der Waals surface area contributed by atoms with Gasteiger partial charge >= 0.3 is 0 Å². The number of hydrogen-bond acceptors (Lipinski definition) is 6. The van der Waals surface area contributed by atoms with Crippen molar-refractivity contribution in [1.82, 2.24) is 34.3 Å². The van der Waals surface area contributed by atoms with E-state index in [0.29, 0.717) is 5.82 Å². The molecular formula is C24H27N7O2S. The summed E-state index contributed by atoms with van der Waals surface area (Å²) in [6.45, 7) is 0. The Morgan fingerprint density at radius 3 is 2.38 bits per heavy atom. The number of hydrogen-bond donors (Lipinski definition) is 1. The van der Waals surface area contributed by atoms with Crippen LogP contribution in [0, 0.1) is 0 Å². The van der Waals surface area contributed by atoms with Gasteiger partial charge in [-0.25, -0.2) is 23.1 Å². The first kappa shape index (κ1) is 22.4. The summed E-state index contributed by atoms with van der Waals surface area (Å²) in [5, 5.41) is 8.79. The van der Waals surface area contributed by atoms with Crippen LogP contribution in [0.25, 0.3) is 33.6 Å². The van der Waals surface area contributed by atoms with Crippen LogP contribution in [-0.4, -0.2) is 50.2 Å². The molecule has 10 heteroatoms. The van der Waals surface area contributed by atoms with E-state index >= 15 is 0 Å². The average Bonchev–Trinajstić information content (AvgIpc) is 3.48. The number of rotatable bonds is 6. The molecule has 5 rings (SSSR count). The quantitative estimate of drug-likeness (QED) is 0.456. The highest BCUT2D eigenvalue weighted by atomic mass is 32.2. The Morgan fingerprint density at radius 1 is 0.912 bits per heavy atom. The zero-order chi connectivity index (χ0) is 23.7.